The van der Waals surface area contributed by atoms with Gasteiger partial charge in [-0.2, -0.15) is 0 Å². The second-order valence-electron chi connectivity index (χ2n) is 13.2. The minimum atomic E-state index is 0.657. The van der Waals surface area contributed by atoms with Crippen LogP contribution in [0, 0.1) is 58.2 Å². The van der Waals surface area contributed by atoms with E-state index in [4.69, 9.17) is 0 Å². The molecule has 0 N–H and O–H groups in total. The lowest BCUT2D eigenvalue weighted by Gasteiger charge is -2.61. The lowest BCUT2D eigenvalue weighted by Crippen LogP contribution is -2.53. The average molecular weight is 527 g/mol. The molecule has 30 heavy (non-hydrogen) atoms. The summed E-state index contributed by atoms with van der Waals surface area (Å²) in [6.45, 7) is 15.4. The molecule has 0 radical (unpaired) electrons. The normalized spacial score (nSPS) is 48.0. The van der Waals surface area contributed by atoms with Crippen LogP contribution in [0.3, 0.4) is 0 Å². The standard InChI is InChI=1S/C29H51I/c1-7-21(19(2)3)9-8-20(4)25-12-13-26-24-11-10-22-18-23(30)14-16-28(22,5)27(24)15-17-29(25,26)6/h19-27H,7-18H2,1-6H3. The molecule has 0 aliphatic heterocycles. The van der Waals surface area contributed by atoms with Crippen LogP contribution in [0.5, 0.6) is 0 Å². The number of alkyl halides is 1. The van der Waals surface area contributed by atoms with Gasteiger partial charge < -0.3 is 0 Å². The van der Waals surface area contributed by atoms with E-state index in [9.17, 15) is 0 Å². The van der Waals surface area contributed by atoms with Crippen molar-refractivity contribution in [2.75, 3.05) is 0 Å². The van der Waals surface area contributed by atoms with Crippen LogP contribution in [0.25, 0.3) is 0 Å². The van der Waals surface area contributed by atoms with E-state index in [-0.39, 0.29) is 0 Å². The molecular weight excluding hydrogens is 475 g/mol. The van der Waals surface area contributed by atoms with E-state index < -0.39 is 0 Å². The minimum absolute atomic E-state index is 0.657. The van der Waals surface area contributed by atoms with Gasteiger partial charge in [0.2, 0.25) is 0 Å². The molecule has 0 nitrogen and oxygen atoms in total. The van der Waals surface area contributed by atoms with E-state index in [1.54, 1.807) is 38.5 Å². The molecule has 0 aromatic heterocycles. The second-order valence-corrected chi connectivity index (χ2v) is 15.0. The van der Waals surface area contributed by atoms with E-state index in [0.717, 1.165) is 51.3 Å². The van der Waals surface area contributed by atoms with E-state index in [1.165, 1.54) is 38.5 Å². The van der Waals surface area contributed by atoms with E-state index >= 15 is 0 Å². The Bertz CT molecular complexity index is 583. The van der Waals surface area contributed by atoms with Crippen molar-refractivity contribution in [1.82, 2.24) is 0 Å². The van der Waals surface area contributed by atoms with Crippen molar-refractivity contribution in [2.24, 2.45) is 58.2 Å². The highest BCUT2D eigenvalue weighted by Crippen LogP contribution is 2.68. The largest absolute Gasteiger partial charge is 0.0826 e. The van der Waals surface area contributed by atoms with Crippen molar-refractivity contribution in [3.05, 3.63) is 0 Å². The fourth-order valence-corrected chi connectivity index (χ4v) is 10.8. The van der Waals surface area contributed by atoms with Gasteiger partial charge in [-0.05, 0) is 122 Å². The zero-order valence-electron chi connectivity index (χ0n) is 21.1. The third-order valence-corrected chi connectivity index (χ3v) is 13.0. The fraction of sp³-hybridized carbons (Fsp3) is 1.00. The summed E-state index contributed by atoms with van der Waals surface area (Å²) in [6.07, 6.45) is 18.2. The molecule has 0 bridgehead atoms. The maximum atomic E-state index is 2.76. The number of fused-ring (bicyclic) bond motifs is 5. The third kappa shape index (κ3) is 4.06. The highest BCUT2D eigenvalue weighted by atomic mass is 127. The fourth-order valence-electron chi connectivity index (χ4n) is 9.87. The average Bonchev–Trinajstić information content (AvgIpc) is 3.06. The minimum Gasteiger partial charge on any atom is -0.0826 e. The molecule has 0 amide bonds. The van der Waals surface area contributed by atoms with Crippen molar-refractivity contribution < 1.29 is 0 Å². The molecule has 0 aromatic rings. The van der Waals surface area contributed by atoms with E-state index in [0.29, 0.717) is 10.8 Å². The van der Waals surface area contributed by atoms with Gasteiger partial charge >= 0.3 is 0 Å². The summed E-state index contributed by atoms with van der Waals surface area (Å²) in [7, 11) is 0. The van der Waals surface area contributed by atoms with Gasteiger partial charge in [0.25, 0.3) is 0 Å². The van der Waals surface area contributed by atoms with Gasteiger partial charge in [-0.15, -0.1) is 0 Å². The monoisotopic (exact) mass is 526 g/mol. The SMILES string of the molecule is CCC(CCC(C)C1CCC2C3CCC4CC(I)CCC4(C)C3CCC12C)C(C)C. The van der Waals surface area contributed by atoms with Crippen molar-refractivity contribution >= 4 is 22.6 Å². The van der Waals surface area contributed by atoms with Crippen LogP contribution >= 0.6 is 22.6 Å². The molecule has 4 saturated carbocycles. The number of hydrogen-bond donors (Lipinski definition) is 0. The molecule has 4 rings (SSSR count). The van der Waals surface area contributed by atoms with Crippen LogP contribution < -0.4 is 0 Å². The summed E-state index contributed by atoms with van der Waals surface area (Å²) < 4.78 is 0.959. The summed E-state index contributed by atoms with van der Waals surface area (Å²) in [5.41, 5.74) is 1.34. The van der Waals surface area contributed by atoms with Crippen LogP contribution in [0.15, 0.2) is 0 Å². The molecule has 4 fully saturated rings. The molecule has 10 unspecified atom stereocenters. The van der Waals surface area contributed by atoms with Crippen LogP contribution in [-0.4, -0.2) is 3.92 Å². The Balaban J connectivity index is 1.45. The Hall–Kier alpha value is 0.730. The smallest absolute Gasteiger partial charge is 0.0113 e. The van der Waals surface area contributed by atoms with Crippen molar-refractivity contribution in [3.63, 3.8) is 0 Å². The summed E-state index contributed by atoms with van der Waals surface area (Å²) in [6, 6.07) is 0. The second kappa shape index (κ2) is 9.17. The highest BCUT2D eigenvalue weighted by molar-refractivity contribution is 14.1. The summed E-state index contributed by atoms with van der Waals surface area (Å²) in [4.78, 5) is 0. The van der Waals surface area contributed by atoms with Crippen molar-refractivity contribution in [2.45, 2.75) is 123 Å². The van der Waals surface area contributed by atoms with Gasteiger partial charge in [0.1, 0.15) is 0 Å². The van der Waals surface area contributed by atoms with E-state index in [1.807, 2.05) is 0 Å². The Kier molecular flexibility index (Phi) is 7.30. The molecule has 4 aliphatic carbocycles. The highest BCUT2D eigenvalue weighted by Gasteiger charge is 2.60. The van der Waals surface area contributed by atoms with Gasteiger partial charge in [-0.1, -0.05) is 77.0 Å². The quantitative estimate of drug-likeness (QED) is 0.239. The van der Waals surface area contributed by atoms with Crippen LogP contribution in [-0.2, 0) is 0 Å². The van der Waals surface area contributed by atoms with Gasteiger partial charge in [0.15, 0.2) is 0 Å². The molecule has 10 atom stereocenters. The number of rotatable bonds is 6. The predicted octanol–water partition coefficient (Wildman–Crippen LogP) is 9.55. The van der Waals surface area contributed by atoms with Gasteiger partial charge in [0, 0.05) is 3.92 Å². The van der Waals surface area contributed by atoms with Crippen molar-refractivity contribution in [1.29, 1.82) is 0 Å². The van der Waals surface area contributed by atoms with Crippen LogP contribution in [0.2, 0.25) is 0 Å². The zero-order chi connectivity index (χ0) is 21.7. The Morgan fingerprint density at radius 2 is 1.53 bits per heavy atom. The molecular formula is C29H51I. The lowest BCUT2D eigenvalue weighted by molar-refractivity contribution is -0.113. The lowest BCUT2D eigenvalue weighted by atomic mass is 9.44. The Morgan fingerprint density at radius 1 is 0.833 bits per heavy atom. The molecule has 0 saturated heterocycles. The predicted molar refractivity (Wildman–Crippen MR) is 140 cm³/mol. The summed E-state index contributed by atoms with van der Waals surface area (Å²) in [5.74, 6) is 7.94. The van der Waals surface area contributed by atoms with E-state index in [2.05, 4.69) is 64.1 Å². The zero-order valence-corrected chi connectivity index (χ0v) is 23.2. The number of halogens is 1. The first-order valence-electron chi connectivity index (χ1n) is 13.8. The van der Waals surface area contributed by atoms with Crippen molar-refractivity contribution in [3.8, 4) is 0 Å². The molecule has 1 heteroatoms. The molecule has 174 valence electrons. The molecule has 4 aliphatic rings. The Morgan fingerprint density at radius 3 is 2.23 bits per heavy atom. The van der Waals surface area contributed by atoms with Gasteiger partial charge in [-0.25, -0.2) is 0 Å². The van der Waals surface area contributed by atoms with Gasteiger partial charge in [0.05, 0.1) is 0 Å². The van der Waals surface area contributed by atoms with Crippen LogP contribution in [0.1, 0.15) is 119 Å². The maximum Gasteiger partial charge on any atom is 0.0113 e. The first kappa shape index (κ1) is 23.9. The number of hydrogen-bond acceptors (Lipinski definition) is 0. The van der Waals surface area contributed by atoms with Gasteiger partial charge in [-0.3, -0.25) is 0 Å². The topological polar surface area (TPSA) is 0 Å². The molecule has 0 heterocycles. The molecule has 0 aromatic carbocycles. The first-order valence-corrected chi connectivity index (χ1v) is 15.1. The molecule has 0 spiro atoms. The summed E-state index contributed by atoms with van der Waals surface area (Å²) >= 11 is 2.76. The first-order chi connectivity index (χ1) is 14.2. The van der Waals surface area contributed by atoms with Crippen LogP contribution in [0.4, 0.5) is 0 Å². The maximum absolute atomic E-state index is 2.76. The Labute approximate surface area is 202 Å². The third-order valence-electron chi connectivity index (χ3n) is 11.8. The summed E-state index contributed by atoms with van der Waals surface area (Å²) in [5, 5.41) is 0.